The molecule has 30 heavy (non-hydrogen) atoms. The van der Waals surface area contributed by atoms with Gasteiger partial charge in [-0.2, -0.15) is 9.78 Å². The zero-order valence-electron chi connectivity index (χ0n) is 16.7. The Balaban J connectivity index is 1.23. The topological polar surface area (TPSA) is 53.8 Å². The average molecular weight is 450 g/mol. The van der Waals surface area contributed by atoms with E-state index in [4.69, 9.17) is 27.9 Å². The van der Waals surface area contributed by atoms with Crippen LogP contribution < -0.4 is 4.90 Å². The maximum atomic E-state index is 12.6. The molecule has 1 aromatic carbocycles. The van der Waals surface area contributed by atoms with Crippen molar-refractivity contribution in [2.24, 2.45) is 11.8 Å². The lowest BCUT2D eigenvalue weighted by Gasteiger charge is -2.32. The van der Waals surface area contributed by atoms with Crippen molar-refractivity contribution >= 4 is 34.9 Å². The lowest BCUT2D eigenvalue weighted by atomic mass is 10.0. The maximum Gasteiger partial charge on any atom is 0.344 e. The number of carbonyl (C=O) groups excluding carboxylic acids is 1. The zero-order chi connectivity index (χ0) is 20.7. The lowest BCUT2D eigenvalue weighted by Crippen LogP contribution is -2.38. The van der Waals surface area contributed by atoms with Crippen molar-refractivity contribution in [3.8, 4) is 0 Å². The molecule has 3 aliphatic rings. The van der Waals surface area contributed by atoms with E-state index in [2.05, 4.69) is 27.0 Å². The van der Waals surface area contributed by atoms with Crippen LogP contribution in [-0.4, -0.2) is 78.1 Å². The largest absolute Gasteiger partial charge is 0.378 e. The van der Waals surface area contributed by atoms with E-state index in [0.29, 0.717) is 16.9 Å². The van der Waals surface area contributed by atoms with Crippen LogP contribution >= 0.6 is 23.2 Å². The molecule has 0 saturated carbocycles. The highest BCUT2D eigenvalue weighted by Crippen LogP contribution is 2.34. The molecule has 0 bridgehead atoms. The Labute approximate surface area is 186 Å². The van der Waals surface area contributed by atoms with Crippen molar-refractivity contribution in [2.75, 3.05) is 57.4 Å². The molecule has 2 unspecified atom stereocenters. The Hall–Kier alpha value is -1.80. The van der Waals surface area contributed by atoms with E-state index in [9.17, 15) is 4.79 Å². The minimum Gasteiger partial charge on any atom is -0.378 e. The molecule has 160 valence electrons. The molecule has 7 nitrogen and oxygen atoms in total. The van der Waals surface area contributed by atoms with Gasteiger partial charge in [-0.25, -0.2) is 4.79 Å². The van der Waals surface area contributed by atoms with Gasteiger partial charge in [-0.15, -0.1) is 0 Å². The summed E-state index contributed by atoms with van der Waals surface area (Å²) in [5, 5.41) is 5.29. The van der Waals surface area contributed by atoms with Gasteiger partial charge in [0.1, 0.15) is 0 Å². The van der Waals surface area contributed by atoms with Gasteiger partial charge < -0.3 is 14.5 Å². The first-order valence-electron chi connectivity index (χ1n) is 10.4. The van der Waals surface area contributed by atoms with Crippen molar-refractivity contribution < 1.29 is 9.53 Å². The molecule has 9 heteroatoms. The molecule has 5 rings (SSSR count). The third-order valence-corrected chi connectivity index (χ3v) is 6.80. The van der Waals surface area contributed by atoms with E-state index < -0.39 is 0 Å². The van der Waals surface area contributed by atoms with Gasteiger partial charge in [0.2, 0.25) is 0 Å². The van der Waals surface area contributed by atoms with Gasteiger partial charge in [0.15, 0.2) is 0 Å². The van der Waals surface area contributed by atoms with Gasteiger partial charge in [0.05, 0.1) is 30.6 Å². The summed E-state index contributed by atoms with van der Waals surface area (Å²) in [5.74, 6) is 0.998. The van der Waals surface area contributed by atoms with E-state index >= 15 is 0 Å². The summed E-state index contributed by atoms with van der Waals surface area (Å²) in [6.45, 7) is 7.75. The summed E-state index contributed by atoms with van der Waals surface area (Å²) in [4.78, 5) is 19.4. The zero-order valence-corrected chi connectivity index (χ0v) is 18.2. The first-order valence-corrected chi connectivity index (χ1v) is 11.2. The van der Waals surface area contributed by atoms with Gasteiger partial charge in [-0.3, -0.25) is 4.90 Å². The highest BCUT2D eigenvalue weighted by molar-refractivity contribution is 6.31. The predicted octanol–water partition coefficient (Wildman–Crippen LogP) is 3.06. The van der Waals surface area contributed by atoms with Gasteiger partial charge >= 0.3 is 6.03 Å². The Morgan fingerprint density at radius 1 is 1.07 bits per heavy atom. The lowest BCUT2D eigenvalue weighted by molar-refractivity contribution is 0.122. The normalized spacial score (nSPS) is 24.5. The Bertz CT molecular complexity index is 916. The minimum atomic E-state index is -0.0878. The summed E-state index contributed by atoms with van der Waals surface area (Å²) in [5.41, 5.74) is 2.52. The smallest absolute Gasteiger partial charge is 0.344 e. The van der Waals surface area contributed by atoms with Crippen molar-refractivity contribution in [3.05, 3.63) is 46.2 Å². The summed E-state index contributed by atoms with van der Waals surface area (Å²) >= 11 is 12.2. The third kappa shape index (κ3) is 4.04. The molecule has 3 saturated heterocycles. The highest BCUT2D eigenvalue weighted by Gasteiger charge is 2.42. The number of anilines is 1. The van der Waals surface area contributed by atoms with Crippen LogP contribution in [0, 0.1) is 11.8 Å². The Morgan fingerprint density at radius 2 is 1.80 bits per heavy atom. The molecule has 0 radical (unpaired) electrons. The van der Waals surface area contributed by atoms with Gasteiger partial charge in [0, 0.05) is 56.5 Å². The fraction of sp³-hybridized carbons (Fsp3) is 0.524. The van der Waals surface area contributed by atoms with Crippen LogP contribution in [0.25, 0.3) is 0 Å². The summed E-state index contributed by atoms with van der Waals surface area (Å²) in [6.07, 6.45) is 3.06. The summed E-state index contributed by atoms with van der Waals surface area (Å²) in [6, 6.07) is 6.12. The number of fused-ring (bicyclic) bond motifs is 1. The number of aromatic nitrogens is 2. The standard InChI is InChI=1S/C21H25Cl2N5O2/c22-18-2-1-15(20(7-18)26-3-5-30-6-4-26)9-25-10-16-12-27(13-17(16)11-25)21(29)28-14-19(23)8-24-28/h1-2,7-8,14,16-17H,3-6,9-13H2. The van der Waals surface area contributed by atoms with Crippen LogP contribution in [-0.2, 0) is 11.3 Å². The number of likely N-dealkylation sites (tertiary alicyclic amines) is 2. The molecule has 1 amide bonds. The van der Waals surface area contributed by atoms with Crippen LogP contribution in [0.3, 0.4) is 0 Å². The van der Waals surface area contributed by atoms with E-state index in [0.717, 1.165) is 64.0 Å². The van der Waals surface area contributed by atoms with Gasteiger partial charge in [-0.1, -0.05) is 29.3 Å². The van der Waals surface area contributed by atoms with Crippen LogP contribution in [0.15, 0.2) is 30.6 Å². The van der Waals surface area contributed by atoms with Gasteiger partial charge in [0.25, 0.3) is 0 Å². The fourth-order valence-corrected chi connectivity index (χ4v) is 5.24. The molecule has 1 aromatic heterocycles. The predicted molar refractivity (Wildman–Crippen MR) is 116 cm³/mol. The average Bonchev–Trinajstić information content (AvgIpc) is 3.44. The van der Waals surface area contributed by atoms with Crippen molar-refractivity contribution in [3.63, 3.8) is 0 Å². The van der Waals surface area contributed by atoms with Gasteiger partial charge in [-0.05, 0) is 29.5 Å². The number of benzene rings is 1. The fourth-order valence-electron chi connectivity index (χ4n) is 4.94. The van der Waals surface area contributed by atoms with Crippen LogP contribution in [0.1, 0.15) is 5.56 Å². The Morgan fingerprint density at radius 3 is 2.47 bits per heavy atom. The summed E-state index contributed by atoms with van der Waals surface area (Å²) in [7, 11) is 0. The summed E-state index contributed by atoms with van der Waals surface area (Å²) < 4.78 is 6.84. The number of halogens is 2. The first-order chi connectivity index (χ1) is 14.6. The van der Waals surface area contributed by atoms with Crippen LogP contribution in [0.4, 0.5) is 10.5 Å². The highest BCUT2D eigenvalue weighted by atomic mass is 35.5. The van der Waals surface area contributed by atoms with Crippen molar-refractivity contribution in [1.82, 2.24) is 19.6 Å². The van der Waals surface area contributed by atoms with Crippen molar-refractivity contribution in [1.29, 1.82) is 0 Å². The second-order valence-electron chi connectivity index (χ2n) is 8.38. The minimum absolute atomic E-state index is 0.0878. The monoisotopic (exact) mass is 449 g/mol. The number of ether oxygens (including phenoxy) is 1. The molecular formula is C21H25Cl2N5O2. The van der Waals surface area contributed by atoms with E-state index in [1.54, 1.807) is 6.20 Å². The molecule has 4 heterocycles. The Kier molecular flexibility index (Phi) is 5.62. The van der Waals surface area contributed by atoms with E-state index in [1.165, 1.54) is 22.1 Å². The second kappa shape index (κ2) is 8.38. The van der Waals surface area contributed by atoms with Crippen molar-refractivity contribution in [2.45, 2.75) is 6.54 Å². The van der Waals surface area contributed by atoms with E-state index in [-0.39, 0.29) is 6.03 Å². The number of hydrogen-bond acceptors (Lipinski definition) is 5. The SMILES string of the molecule is O=C(N1CC2CN(Cc3ccc(Cl)cc3N3CCOCC3)CC2C1)n1cc(Cl)cn1. The van der Waals surface area contributed by atoms with Crippen LogP contribution in [0.5, 0.6) is 0 Å². The number of amides is 1. The molecule has 0 N–H and O–H groups in total. The van der Waals surface area contributed by atoms with E-state index in [1.807, 2.05) is 11.0 Å². The molecular weight excluding hydrogens is 425 g/mol. The molecule has 0 aliphatic carbocycles. The number of rotatable bonds is 3. The maximum absolute atomic E-state index is 12.6. The number of nitrogens with zero attached hydrogens (tertiary/aromatic N) is 5. The third-order valence-electron chi connectivity index (χ3n) is 6.37. The number of hydrogen-bond donors (Lipinski definition) is 0. The first kappa shape index (κ1) is 20.1. The number of morpholine rings is 1. The van der Waals surface area contributed by atoms with Crippen LogP contribution in [0.2, 0.25) is 10.0 Å². The molecule has 3 aliphatic heterocycles. The molecule has 0 spiro atoms. The second-order valence-corrected chi connectivity index (χ2v) is 9.25. The molecule has 3 fully saturated rings. The molecule has 2 aromatic rings. The molecule has 2 atom stereocenters. The quantitative estimate of drug-likeness (QED) is 0.720. The number of carbonyl (C=O) groups is 1.